The van der Waals surface area contributed by atoms with Crippen LogP contribution in [-0.4, -0.2) is 28.9 Å². The summed E-state index contributed by atoms with van der Waals surface area (Å²) in [4.78, 5) is 13.1. The zero-order valence-electron chi connectivity index (χ0n) is 17.1. The first-order valence-electron chi connectivity index (χ1n) is 10.3. The van der Waals surface area contributed by atoms with Gasteiger partial charge in [-0.15, -0.1) is 0 Å². The summed E-state index contributed by atoms with van der Waals surface area (Å²) in [5.74, 6) is 0.535. The molecule has 0 unspecified atom stereocenters. The Labute approximate surface area is 173 Å². The third-order valence-corrected chi connectivity index (χ3v) is 5.74. The minimum absolute atomic E-state index is 0.141. The van der Waals surface area contributed by atoms with Crippen molar-refractivity contribution < 1.29 is 22.7 Å². The van der Waals surface area contributed by atoms with Gasteiger partial charge in [0, 0.05) is 11.3 Å². The highest BCUT2D eigenvalue weighted by Gasteiger charge is 2.38. The van der Waals surface area contributed by atoms with Crippen molar-refractivity contribution in [2.45, 2.75) is 63.6 Å². The Morgan fingerprint density at radius 3 is 2.53 bits per heavy atom. The van der Waals surface area contributed by atoms with Gasteiger partial charge in [0.1, 0.15) is 5.75 Å². The standard InChI is InChI=1S/C22H26F3N3O2/c1-13-9-19(28-27-13)21(2,11-14-3-4-14)26-20(29)16-7-8-17(15-5-6-15)18(10-16)30-12-22(23,24)25/h7-10,14-15H,3-6,11-12H2,1-2H3,(H,26,29)(H,27,28)/t21-/m1/s1. The lowest BCUT2D eigenvalue weighted by atomic mass is 9.90. The molecule has 1 aromatic heterocycles. The predicted molar refractivity (Wildman–Crippen MR) is 105 cm³/mol. The molecule has 1 heterocycles. The van der Waals surface area contributed by atoms with Crippen LogP contribution in [0.2, 0.25) is 0 Å². The summed E-state index contributed by atoms with van der Waals surface area (Å²) in [5, 5.41) is 10.3. The first kappa shape index (κ1) is 20.8. The summed E-state index contributed by atoms with van der Waals surface area (Å²) in [5.41, 5.74) is 2.01. The zero-order valence-corrected chi connectivity index (χ0v) is 17.1. The first-order chi connectivity index (χ1) is 14.1. The summed E-state index contributed by atoms with van der Waals surface area (Å²) < 4.78 is 43.1. The van der Waals surface area contributed by atoms with E-state index < -0.39 is 18.3 Å². The van der Waals surface area contributed by atoms with Crippen molar-refractivity contribution in [2.75, 3.05) is 6.61 Å². The maximum atomic E-state index is 13.1. The van der Waals surface area contributed by atoms with Gasteiger partial charge in [0.15, 0.2) is 6.61 Å². The Hall–Kier alpha value is -2.51. The van der Waals surface area contributed by atoms with Gasteiger partial charge in [0.05, 0.1) is 11.2 Å². The lowest BCUT2D eigenvalue weighted by molar-refractivity contribution is -0.153. The zero-order chi connectivity index (χ0) is 21.5. The van der Waals surface area contributed by atoms with E-state index in [1.165, 1.54) is 6.07 Å². The molecule has 0 bridgehead atoms. The van der Waals surface area contributed by atoms with Crippen LogP contribution < -0.4 is 10.1 Å². The van der Waals surface area contributed by atoms with E-state index in [-0.39, 0.29) is 23.1 Å². The van der Waals surface area contributed by atoms with Crippen LogP contribution in [0.4, 0.5) is 13.2 Å². The van der Waals surface area contributed by atoms with Crippen molar-refractivity contribution in [3.8, 4) is 5.75 Å². The number of carbonyl (C=O) groups excluding carboxylic acids is 1. The Balaban J connectivity index is 1.56. The topological polar surface area (TPSA) is 67.0 Å². The van der Waals surface area contributed by atoms with Crippen molar-refractivity contribution in [3.05, 3.63) is 46.8 Å². The summed E-state index contributed by atoms with van der Waals surface area (Å²) in [6.07, 6.45) is 0.429. The second-order valence-electron chi connectivity index (χ2n) is 8.80. The van der Waals surface area contributed by atoms with Gasteiger partial charge in [0.2, 0.25) is 0 Å². The number of H-pyrrole nitrogens is 1. The van der Waals surface area contributed by atoms with Crippen LogP contribution in [0.1, 0.15) is 72.3 Å². The molecule has 2 aliphatic rings. The van der Waals surface area contributed by atoms with Crippen molar-refractivity contribution >= 4 is 5.91 Å². The van der Waals surface area contributed by atoms with Gasteiger partial charge in [0.25, 0.3) is 5.91 Å². The van der Waals surface area contributed by atoms with E-state index in [1.54, 1.807) is 12.1 Å². The molecular formula is C22H26F3N3O2. The number of carbonyl (C=O) groups is 1. The monoisotopic (exact) mass is 421 g/mol. The molecule has 0 radical (unpaired) electrons. The molecule has 1 atom stereocenters. The molecule has 1 aromatic carbocycles. The summed E-state index contributed by atoms with van der Waals surface area (Å²) in [6.45, 7) is 2.47. The van der Waals surface area contributed by atoms with Gasteiger partial charge in [-0.05, 0) is 68.7 Å². The number of hydrogen-bond acceptors (Lipinski definition) is 3. The maximum absolute atomic E-state index is 13.1. The van der Waals surface area contributed by atoms with Crippen molar-refractivity contribution in [1.29, 1.82) is 0 Å². The van der Waals surface area contributed by atoms with Crippen molar-refractivity contribution in [2.24, 2.45) is 5.92 Å². The predicted octanol–water partition coefficient (Wildman–Crippen LogP) is 4.98. The van der Waals surface area contributed by atoms with Gasteiger partial charge >= 0.3 is 6.18 Å². The minimum Gasteiger partial charge on any atom is -0.484 e. The number of hydrogen-bond donors (Lipinski definition) is 2. The van der Waals surface area contributed by atoms with Crippen LogP contribution in [0.3, 0.4) is 0 Å². The van der Waals surface area contributed by atoms with Crippen molar-refractivity contribution in [3.63, 3.8) is 0 Å². The molecule has 2 saturated carbocycles. The van der Waals surface area contributed by atoms with E-state index in [1.807, 2.05) is 19.9 Å². The molecule has 0 saturated heterocycles. The molecule has 30 heavy (non-hydrogen) atoms. The van der Waals surface area contributed by atoms with Gasteiger partial charge in [-0.1, -0.05) is 18.9 Å². The normalized spacial score (nSPS) is 18.7. The first-order valence-corrected chi connectivity index (χ1v) is 10.3. The number of halogens is 3. The third-order valence-electron chi connectivity index (χ3n) is 5.74. The quantitative estimate of drug-likeness (QED) is 0.632. The molecule has 8 heteroatoms. The number of nitrogens with zero attached hydrogens (tertiary/aromatic N) is 1. The number of aryl methyl sites for hydroxylation is 1. The SMILES string of the molecule is Cc1cc([C@@](C)(CC2CC2)NC(=O)c2ccc(C3CC3)c(OCC(F)(F)F)c2)n[nH]1. The highest BCUT2D eigenvalue weighted by Crippen LogP contribution is 2.45. The van der Waals surface area contributed by atoms with Crippen LogP contribution in [0.5, 0.6) is 5.75 Å². The van der Waals surface area contributed by atoms with Crippen LogP contribution in [0.25, 0.3) is 0 Å². The Kier molecular flexibility index (Phi) is 5.28. The molecule has 162 valence electrons. The molecular weight excluding hydrogens is 395 g/mol. The average molecular weight is 421 g/mol. The van der Waals surface area contributed by atoms with E-state index in [0.717, 1.165) is 49.1 Å². The fraction of sp³-hybridized carbons (Fsp3) is 0.545. The molecule has 2 aromatic rings. The number of amides is 1. The summed E-state index contributed by atoms with van der Waals surface area (Å²) >= 11 is 0. The van der Waals surface area contributed by atoms with Gasteiger partial charge in [-0.2, -0.15) is 18.3 Å². The summed E-state index contributed by atoms with van der Waals surface area (Å²) in [7, 11) is 0. The van der Waals surface area contributed by atoms with E-state index in [4.69, 9.17) is 4.74 Å². The number of alkyl halides is 3. The molecule has 2 aliphatic carbocycles. The number of ether oxygens (including phenoxy) is 1. The molecule has 1 amide bonds. The van der Waals surface area contributed by atoms with Crippen molar-refractivity contribution in [1.82, 2.24) is 15.5 Å². The van der Waals surface area contributed by atoms with Gasteiger partial charge < -0.3 is 10.1 Å². The third kappa shape index (κ3) is 4.96. The second kappa shape index (κ2) is 7.63. The largest absolute Gasteiger partial charge is 0.484 e. The number of nitrogens with one attached hydrogen (secondary N) is 2. The smallest absolute Gasteiger partial charge is 0.422 e. The average Bonchev–Trinajstić information content (AvgIpc) is 3.59. The highest BCUT2D eigenvalue weighted by atomic mass is 19.4. The molecule has 0 aliphatic heterocycles. The molecule has 5 nitrogen and oxygen atoms in total. The highest BCUT2D eigenvalue weighted by molar-refractivity contribution is 5.95. The van der Waals surface area contributed by atoms with E-state index in [9.17, 15) is 18.0 Å². The Bertz CT molecular complexity index is 932. The number of aromatic amines is 1. The van der Waals surface area contributed by atoms with Crippen LogP contribution in [0.15, 0.2) is 24.3 Å². The van der Waals surface area contributed by atoms with E-state index in [0.29, 0.717) is 5.92 Å². The van der Waals surface area contributed by atoms with Gasteiger partial charge in [-0.25, -0.2) is 0 Å². The Morgan fingerprint density at radius 2 is 1.97 bits per heavy atom. The van der Waals surface area contributed by atoms with E-state index >= 15 is 0 Å². The Morgan fingerprint density at radius 1 is 1.23 bits per heavy atom. The van der Waals surface area contributed by atoms with Gasteiger partial charge in [-0.3, -0.25) is 9.89 Å². The number of aromatic nitrogens is 2. The fourth-order valence-corrected chi connectivity index (χ4v) is 3.83. The summed E-state index contributed by atoms with van der Waals surface area (Å²) in [6, 6.07) is 6.73. The number of benzene rings is 1. The minimum atomic E-state index is -4.43. The molecule has 2 fully saturated rings. The fourth-order valence-electron chi connectivity index (χ4n) is 3.83. The van der Waals surface area contributed by atoms with Crippen LogP contribution in [0, 0.1) is 12.8 Å². The lowest BCUT2D eigenvalue weighted by Crippen LogP contribution is -2.44. The lowest BCUT2D eigenvalue weighted by Gasteiger charge is -2.29. The van der Waals surface area contributed by atoms with Crippen LogP contribution >= 0.6 is 0 Å². The van der Waals surface area contributed by atoms with E-state index in [2.05, 4.69) is 15.5 Å². The molecule has 2 N–H and O–H groups in total. The second-order valence-corrected chi connectivity index (χ2v) is 8.80. The van der Waals surface area contributed by atoms with Crippen LogP contribution in [-0.2, 0) is 5.54 Å². The molecule has 0 spiro atoms. The molecule has 4 rings (SSSR count). The number of rotatable bonds is 8. The maximum Gasteiger partial charge on any atom is 0.422 e.